The summed E-state index contributed by atoms with van der Waals surface area (Å²) in [6, 6.07) is 0. The number of aliphatic hydroxyl groups is 1. The zero-order chi connectivity index (χ0) is 10.6. The molecule has 0 aliphatic carbocycles. The first-order chi connectivity index (χ1) is 5.78. The normalized spacial score (nSPS) is 16.3. The Bertz CT molecular complexity index is 197. The Balaban J connectivity index is 4.30. The first-order valence-electron chi connectivity index (χ1n) is 3.92. The van der Waals surface area contributed by atoms with Crippen LogP contribution in [-0.4, -0.2) is 55.6 Å². The number of likely N-dealkylation sites (N-methyl/N-ethyl adjacent to an activating group) is 1. The monoisotopic (exact) mass is 189 g/mol. The molecule has 0 aliphatic heterocycles. The number of quaternary nitrogens is 1. The second-order valence-electron chi connectivity index (χ2n) is 4.02. The lowest BCUT2D eigenvalue weighted by Crippen LogP contribution is -2.49. The van der Waals surface area contributed by atoms with Crippen molar-refractivity contribution in [2.75, 3.05) is 27.7 Å². The van der Waals surface area contributed by atoms with E-state index in [-0.39, 0.29) is 12.8 Å². The molecule has 0 aliphatic rings. The Morgan fingerprint density at radius 2 is 2.00 bits per heavy atom. The van der Waals surface area contributed by atoms with Gasteiger partial charge in [-0.05, 0) is 0 Å². The Morgan fingerprint density at radius 1 is 1.54 bits per heavy atom. The predicted molar refractivity (Wildman–Crippen MR) is 43.5 cm³/mol. The van der Waals surface area contributed by atoms with Gasteiger partial charge in [-0.2, -0.15) is 0 Å². The molecule has 0 heterocycles. The number of aldehydes is 1. The number of carboxylic acid groups (broad SMARTS) is 1. The maximum atomic E-state index is 10.3. The molecule has 76 valence electrons. The number of hydrogen-bond donors (Lipinski definition) is 1. The summed E-state index contributed by atoms with van der Waals surface area (Å²) in [7, 11) is 5.38. The van der Waals surface area contributed by atoms with Crippen molar-refractivity contribution >= 4 is 12.3 Å². The SMILES string of the molecule is C[N+](C)(C)CC(O)C(C=O)C(=O)[O-]. The molecule has 0 aromatic rings. The zero-order valence-electron chi connectivity index (χ0n) is 8.06. The van der Waals surface area contributed by atoms with Crippen LogP contribution in [0, 0.1) is 5.92 Å². The first-order valence-corrected chi connectivity index (χ1v) is 3.92. The number of nitrogens with zero attached hydrogens (tertiary/aromatic N) is 1. The number of carboxylic acids is 1. The van der Waals surface area contributed by atoms with Gasteiger partial charge in [-0.1, -0.05) is 0 Å². The van der Waals surface area contributed by atoms with E-state index in [2.05, 4.69) is 0 Å². The molecule has 0 aromatic carbocycles. The summed E-state index contributed by atoms with van der Waals surface area (Å²) in [5.74, 6) is -2.96. The first kappa shape index (κ1) is 12.1. The van der Waals surface area contributed by atoms with Crippen LogP contribution >= 0.6 is 0 Å². The van der Waals surface area contributed by atoms with E-state index in [0.29, 0.717) is 4.48 Å². The molecule has 5 nitrogen and oxygen atoms in total. The lowest BCUT2D eigenvalue weighted by Gasteiger charge is -2.29. The van der Waals surface area contributed by atoms with E-state index in [1.54, 1.807) is 21.1 Å². The highest BCUT2D eigenvalue weighted by atomic mass is 16.4. The van der Waals surface area contributed by atoms with Gasteiger partial charge < -0.3 is 24.3 Å². The van der Waals surface area contributed by atoms with Gasteiger partial charge in [-0.3, -0.25) is 0 Å². The summed E-state index contributed by atoms with van der Waals surface area (Å²) < 4.78 is 0.388. The van der Waals surface area contributed by atoms with Crippen LogP contribution in [0.25, 0.3) is 0 Å². The highest BCUT2D eigenvalue weighted by molar-refractivity contribution is 5.85. The molecule has 0 fully saturated rings. The number of aliphatic carboxylic acids is 1. The number of rotatable bonds is 5. The number of hydrogen-bond acceptors (Lipinski definition) is 4. The minimum absolute atomic E-state index is 0.192. The predicted octanol–water partition coefficient (Wildman–Crippen LogP) is -2.38. The fourth-order valence-corrected chi connectivity index (χ4v) is 0.978. The Kier molecular flexibility index (Phi) is 4.03. The molecule has 0 saturated carbocycles. The number of carbonyl (C=O) groups excluding carboxylic acids is 2. The van der Waals surface area contributed by atoms with Crippen LogP contribution in [0.4, 0.5) is 0 Å². The van der Waals surface area contributed by atoms with Crippen molar-refractivity contribution in [3.05, 3.63) is 0 Å². The number of carbonyl (C=O) groups is 2. The third kappa shape index (κ3) is 4.59. The van der Waals surface area contributed by atoms with E-state index in [1.165, 1.54) is 0 Å². The fourth-order valence-electron chi connectivity index (χ4n) is 0.978. The van der Waals surface area contributed by atoms with Gasteiger partial charge in [0.05, 0.1) is 33.0 Å². The lowest BCUT2D eigenvalue weighted by atomic mass is 10.0. The molecular weight excluding hydrogens is 174 g/mol. The van der Waals surface area contributed by atoms with Gasteiger partial charge in [0, 0.05) is 0 Å². The molecule has 2 atom stereocenters. The van der Waals surface area contributed by atoms with Crippen molar-refractivity contribution in [2.45, 2.75) is 6.10 Å². The summed E-state index contributed by atoms with van der Waals surface area (Å²) in [6.07, 6.45) is -0.988. The van der Waals surface area contributed by atoms with Crippen LogP contribution in [0.3, 0.4) is 0 Å². The molecule has 0 saturated heterocycles. The zero-order valence-corrected chi connectivity index (χ0v) is 8.06. The van der Waals surface area contributed by atoms with E-state index in [4.69, 9.17) is 0 Å². The average Bonchev–Trinajstić information content (AvgIpc) is 1.82. The molecule has 13 heavy (non-hydrogen) atoms. The summed E-state index contributed by atoms with van der Waals surface area (Å²) >= 11 is 0. The molecule has 1 N–H and O–H groups in total. The van der Waals surface area contributed by atoms with Gasteiger partial charge >= 0.3 is 0 Å². The molecular formula is C8H15NO4. The van der Waals surface area contributed by atoms with Gasteiger partial charge in [0.1, 0.15) is 18.9 Å². The second kappa shape index (κ2) is 4.34. The lowest BCUT2D eigenvalue weighted by molar-refractivity contribution is -0.873. The largest absolute Gasteiger partial charge is 0.549 e. The topological polar surface area (TPSA) is 77.4 Å². The van der Waals surface area contributed by atoms with Crippen molar-refractivity contribution in [3.8, 4) is 0 Å². The van der Waals surface area contributed by atoms with Gasteiger partial charge in [0.2, 0.25) is 0 Å². The van der Waals surface area contributed by atoms with E-state index in [9.17, 15) is 19.8 Å². The number of aliphatic hydroxyl groups excluding tert-OH is 1. The molecule has 0 radical (unpaired) electrons. The molecule has 0 aromatic heterocycles. The van der Waals surface area contributed by atoms with Crippen LogP contribution in [0.2, 0.25) is 0 Å². The minimum atomic E-state index is -1.53. The van der Waals surface area contributed by atoms with Crippen LogP contribution in [0.15, 0.2) is 0 Å². The van der Waals surface area contributed by atoms with Crippen LogP contribution in [-0.2, 0) is 9.59 Å². The maximum absolute atomic E-state index is 10.3. The van der Waals surface area contributed by atoms with Gasteiger partial charge in [0.15, 0.2) is 0 Å². The van der Waals surface area contributed by atoms with E-state index in [1.807, 2.05) is 0 Å². The fraction of sp³-hybridized carbons (Fsp3) is 0.750. The van der Waals surface area contributed by atoms with Crippen LogP contribution < -0.4 is 5.11 Å². The van der Waals surface area contributed by atoms with E-state index < -0.39 is 18.0 Å². The smallest absolute Gasteiger partial charge is 0.131 e. The Hall–Kier alpha value is -0.940. The minimum Gasteiger partial charge on any atom is -0.549 e. The van der Waals surface area contributed by atoms with E-state index in [0.717, 1.165) is 0 Å². The third-order valence-corrected chi connectivity index (χ3v) is 1.57. The van der Waals surface area contributed by atoms with Crippen molar-refractivity contribution in [3.63, 3.8) is 0 Å². The summed E-state index contributed by atoms with van der Waals surface area (Å²) in [5, 5.41) is 19.7. The molecule has 0 amide bonds. The molecule has 0 rings (SSSR count). The highest BCUT2D eigenvalue weighted by Crippen LogP contribution is 2.04. The highest BCUT2D eigenvalue weighted by Gasteiger charge is 2.25. The van der Waals surface area contributed by atoms with Gasteiger partial charge in [0.25, 0.3) is 0 Å². The molecule has 0 spiro atoms. The van der Waals surface area contributed by atoms with Crippen molar-refractivity contribution < 1.29 is 24.3 Å². The molecule has 5 heteroatoms. The molecule has 0 bridgehead atoms. The van der Waals surface area contributed by atoms with E-state index >= 15 is 0 Å². The van der Waals surface area contributed by atoms with Crippen molar-refractivity contribution in [2.24, 2.45) is 5.92 Å². The summed E-state index contributed by atoms with van der Waals surface area (Å²) in [6.45, 7) is 0.192. The Labute approximate surface area is 77.2 Å². The van der Waals surface area contributed by atoms with Gasteiger partial charge in [-0.15, -0.1) is 0 Å². The van der Waals surface area contributed by atoms with Crippen LogP contribution in [0.1, 0.15) is 0 Å². The summed E-state index contributed by atoms with van der Waals surface area (Å²) in [4.78, 5) is 20.6. The second-order valence-corrected chi connectivity index (χ2v) is 4.02. The Morgan fingerprint density at radius 3 is 2.23 bits per heavy atom. The van der Waals surface area contributed by atoms with Gasteiger partial charge in [-0.25, -0.2) is 0 Å². The average molecular weight is 189 g/mol. The van der Waals surface area contributed by atoms with Crippen molar-refractivity contribution in [1.82, 2.24) is 0 Å². The summed E-state index contributed by atoms with van der Waals surface area (Å²) in [5.41, 5.74) is 0. The maximum Gasteiger partial charge on any atom is 0.131 e. The van der Waals surface area contributed by atoms with Crippen molar-refractivity contribution in [1.29, 1.82) is 0 Å². The quantitative estimate of drug-likeness (QED) is 0.297. The standard InChI is InChI=1S/C8H15NO4/c1-9(2,3)4-7(11)6(5-10)8(12)13/h5-7,11H,4H2,1-3H3. The van der Waals surface area contributed by atoms with Crippen LogP contribution in [0.5, 0.6) is 0 Å². The third-order valence-electron chi connectivity index (χ3n) is 1.57. The molecule has 2 unspecified atom stereocenters.